The number of hydrogen-bond donors (Lipinski definition) is 1. The summed E-state index contributed by atoms with van der Waals surface area (Å²) in [5, 5.41) is 21.2. The number of fused-ring (bicyclic) bond motifs is 1. The molecule has 27 heavy (non-hydrogen) atoms. The Morgan fingerprint density at radius 2 is 2.26 bits per heavy atom. The number of carbonyl (C=O) groups is 1. The Morgan fingerprint density at radius 3 is 3.07 bits per heavy atom. The number of thiophene rings is 1. The standard InChI is InChI=1S/C18H15N5O2S2/c19-8-13-12-5-1-2-6-14(12)27-17(13)21-15(24)10-26-18-23-22-16(25-18)11-4-3-7-20-9-11/h3-4,7,9H,1-2,5-6,10H2,(H,21,24). The summed E-state index contributed by atoms with van der Waals surface area (Å²) >= 11 is 2.68. The van der Waals surface area contributed by atoms with Crippen LogP contribution >= 0.6 is 23.1 Å². The van der Waals surface area contributed by atoms with E-state index in [1.165, 1.54) is 16.2 Å². The van der Waals surface area contributed by atoms with Crippen LogP contribution in [0.5, 0.6) is 0 Å². The molecule has 3 aromatic heterocycles. The van der Waals surface area contributed by atoms with Crippen LogP contribution in [0, 0.1) is 11.3 Å². The number of hydrogen-bond acceptors (Lipinski definition) is 8. The van der Waals surface area contributed by atoms with E-state index in [0.29, 0.717) is 21.7 Å². The molecule has 4 rings (SSSR count). The molecule has 1 aliphatic rings. The lowest BCUT2D eigenvalue weighted by Gasteiger charge is -2.09. The summed E-state index contributed by atoms with van der Waals surface area (Å²) in [5.74, 6) is 0.294. The van der Waals surface area contributed by atoms with Crippen molar-refractivity contribution in [3.63, 3.8) is 0 Å². The van der Waals surface area contributed by atoms with Gasteiger partial charge in [0.1, 0.15) is 11.1 Å². The van der Waals surface area contributed by atoms with Crippen molar-refractivity contribution in [2.75, 3.05) is 11.1 Å². The van der Waals surface area contributed by atoms with Crippen molar-refractivity contribution in [1.29, 1.82) is 5.26 Å². The van der Waals surface area contributed by atoms with E-state index in [2.05, 4.69) is 26.6 Å². The first kappa shape index (κ1) is 17.7. The highest BCUT2D eigenvalue weighted by atomic mass is 32.2. The number of aryl methyl sites for hydroxylation is 1. The first-order valence-electron chi connectivity index (χ1n) is 8.46. The minimum atomic E-state index is -0.198. The molecule has 9 heteroatoms. The van der Waals surface area contributed by atoms with Crippen LogP contribution in [0.3, 0.4) is 0 Å². The van der Waals surface area contributed by atoms with Crippen LogP contribution in [0.4, 0.5) is 5.00 Å². The van der Waals surface area contributed by atoms with E-state index in [1.807, 2.05) is 6.07 Å². The molecule has 0 aromatic carbocycles. The van der Waals surface area contributed by atoms with Crippen molar-refractivity contribution in [1.82, 2.24) is 15.2 Å². The summed E-state index contributed by atoms with van der Waals surface area (Å²) in [6.45, 7) is 0. The van der Waals surface area contributed by atoms with Gasteiger partial charge in [0.2, 0.25) is 11.8 Å². The minimum Gasteiger partial charge on any atom is -0.411 e. The number of aromatic nitrogens is 3. The van der Waals surface area contributed by atoms with Gasteiger partial charge in [0.15, 0.2) is 0 Å². The van der Waals surface area contributed by atoms with Gasteiger partial charge < -0.3 is 9.73 Å². The number of rotatable bonds is 5. The first-order valence-corrected chi connectivity index (χ1v) is 10.3. The van der Waals surface area contributed by atoms with Crippen molar-refractivity contribution >= 4 is 34.0 Å². The molecule has 0 fully saturated rings. The minimum absolute atomic E-state index is 0.127. The Balaban J connectivity index is 1.39. The molecule has 1 aliphatic carbocycles. The van der Waals surface area contributed by atoms with Gasteiger partial charge in [0, 0.05) is 17.3 Å². The molecule has 3 aromatic rings. The van der Waals surface area contributed by atoms with Gasteiger partial charge in [-0.1, -0.05) is 11.8 Å². The molecule has 0 unspecified atom stereocenters. The van der Waals surface area contributed by atoms with Crippen LogP contribution < -0.4 is 5.32 Å². The zero-order chi connectivity index (χ0) is 18.6. The number of nitrogens with zero attached hydrogens (tertiary/aromatic N) is 4. The fourth-order valence-corrected chi connectivity index (χ4v) is 4.76. The summed E-state index contributed by atoms with van der Waals surface area (Å²) in [4.78, 5) is 17.5. The molecule has 136 valence electrons. The second-order valence-electron chi connectivity index (χ2n) is 5.98. The normalized spacial score (nSPS) is 13.0. The molecule has 0 spiro atoms. The summed E-state index contributed by atoms with van der Waals surface area (Å²) < 4.78 is 5.55. The van der Waals surface area contributed by atoms with Gasteiger partial charge in [-0.05, 0) is 43.4 Å². The Morgan fingerprint density at radius 1 is 1.37 bits per heavy atom. The van der Waals surface area contributed by atoms with Crippen LogP contribution in [-0.2, 0) is 17.6 Å². The van der Waals surface area contributed by atoms with Gasteiger partial charge in [0.25, 0.3) is 5.22 Å². The largest absolute Gasteiger partial charge is 0.411 e. The monoisotopic (exact) mass is 397 g/mol. The van der Waals surface area contributed by atoms with Crippen molar-refractivity contribution < 1.29 is 9.21 Å². The third-order valence-corrected chi connectivity index (χ3v) is 6.20. The average molecular weight is 397 g/mol. The van der Waals surface area contributed by atoms with E-state index < -0.39 is 0 Å². The molecule has 0 saturated carbocycles. The third-order valence-electron chi connectivity index (χ3n) is 4.18. The topological polar surface area (TPSA) is 105 Å². The number of thioether (sulfide) groups is 1. The summed E-state index contributed by atoms with van der Waals surface area (Å²) in [5.41, 5.74) is 2.45. The number of pyridine rings is 1. The zero-order valence-corrected chi connectivity index (χ0v) is 15.9. The number of amides is 1. The van der Waals surface area contributed by atoms with Crippen LogP contribution in [0.2, 0.25) is 0 Å². The zero-order valence-electron chi connectivity index (χ0n) is 14.3. The van der Waals surface area contributed by atoms with Crippen LogP contribution in [-0.4, -0.2) is 26.8 Å². The maximum Gasteiger partial charge on any atom is 0.277 e. The van der Waals surface area contributed by atoms with Crippen molar-refractivity contribution in [3.05, 3.63) is 40.5 Å². The van der Waals surface area contributed by atoms with Crippen LogP contribution in [0.15, 0.2) is 34.2 Å². The lowest BCUT2D eigenvalue weighted by Crippen LogP contribution is -2.14. The maximum absolute atomic E-state index is 12.3. The maximum atomic E-state index is 12.3. The summed E-state index contributed by atoms with van der Waals surface area (Å²) in [7, 11) is 0. The lowest BCUT2D eigenvalue weighted by molar-refractivity contribution is -0.113. The molecule has 0 radical (unpaired) electrons. The number of carbonyl (C=O) groups excluding carboxylic acids is 1. The summed E-state index contributed by atoms with van der Waals surface area (Å²) in [6, 6.07) is 5.85. The lowest BCUT2D eigenvalue weighted by atomic mass is 9.96. The highest BCUT2D eigenvalue weighted by molar-refractivity contribution is 7.99. The molecular weight excluding hydrogens is 382 g/mol. The second kappa shape index (κ2) is 7.90. The van der Waals surface area contributed by atoms with Gasteiger partial charge in [0.05, 0.1) is 16.9 Å². The quantitative estimate of drug-likeness (QED) is 0.655. The van der Waals surface area contributed by atoms with Crippen molar-refractivity contribution in [2.24, 2.45) is 0 Å². The molecule has 0 saturated heterocycles. The highest BCUT2D eigenvalue weighted by Gasteiger charge is 2.22. The van der Waals surface area contributed by atoms with Gasteiger partial charge in [-0.3, -0.25) is 9.78 Å². The van der Waals surface area contributed by atoms with Crippen LogP contribution in [0.25, 0.3) is 11.5 Å². The van der Waals surface area contributed by atoms with E-state index in [9.17, 15) is 10.1 Å². The predicted molar refractivity (Wildman–Crippen MR) is 103 cm³/mol. The highest BCUT2D eigenvalue weighted by Crippen LogP contribution is 2.37. The van der Waals surface area contributed by atoms with Gasteiger partial charge in [-0.15, -0.1) is 21.5 Å². The fraction of sp³-hybridized carbons (Fsp3) is 0.278. The SMILES string of the molecule is N#Cc1c(NC(=O)CSc2nnc(-c3cccnc3)o2)sc2c1CCCC2. The van der Waals surface area contributed by atoms with Crippen molar-refractivity contribution in [3.8, 4) is 17.5 Å². The Labute approximate surface area is 163 Å². The number of nitriles is 1. The van der Waals surface area contributed by atoms with Crippen LogP contribution in [0.1, 0.15) is 28.8 Å². The van der Waals surface area contributed by atoms with E-state index in [-0.39, 0.29) is 11.7 Å². The Kier molecular flexibility index (Phi) is 5.18. The smallest absolute Gasteiger partial charge is 0.277 e. The molecule has 1 amide bonds. The molecular formula is C18H15N5O2S2. The third kappa shape index (κ3) is 3.86. The number of anilines is 1. The van der Waals surface area contributed by atoms with E-state index >= 15 is 0 Å². The number of nitrogens with one attached hydrogen (secondary N) is 1. The molecule has 1 N–H and O–H groups in total. The Bertz CT molecular complexity index is 1010. The fourth-order valence-electron chi connectivity index (χ4n) is 2.94. The van der Waals surface area contributed by atoms with Gasteiger partial charge in [-0.25, -0.2) is 0 Å². The molecule has 0 atom stereocenters. The van der Waals surface area contributed by atoms with E-state index in [0.717, 1.165) is 48.6 Å². The predicted octanol–water partition coefficient (Wildman–Crippen LogP) is 3.67. The molecule has 3 heterocycles. The molecule has 0 bridgehead atoms. The average Bonchev–Trinajstić information content (AvgIpc) is 3.31. The van der Waals surface area contributed by atoms with E-state index in [4.69, 9.17) is 4.42 Å². The van der Waals surface area contributed by atoms with Gasteiger partial charge in [-0.2, -0.15) is 5.26 Å². The summed E-state index contributed by atoms with van der Waals surface area (Å²) in [6.07, 6.45) is 7.43. The van der Waals surface area contributed by atoms with Crippen molar-refractivity contribution in [2.45, 2.75) is 30.9 Å². The Hall–Kier alpha value is -2.70. The first-order chi connectivity index (χ1) is 13.2. The molecule has 7 nitrogen and oxygen atoms in total. The second-order valence-corrected chi connectivity index (χ2v) is 8.01. The van der Waals surface area contributed by atoms with Gasteiger partial charge >= 0.3 is 0 Å². The molecule has 0 aliphatic heterocycles. The van der Waals surface area contributed by atoms with E-state index in [1.54, 1.807) is 18.5 Å².